The molecule has 7 aromatic carbocycles. The summed E-state index contributed by atoms with van der Waals surface area (Å²) >= 11 is 0. The average molecular weight is 560 g/mol. The molecule has 0 N–H and O–H groups in total. The lowest BCUT2D eigenvalue weighted by Crippen LogP contribution is -2.14. The number of nitrogens with zero attached hydrogens (tertiary/aromatic N) is 1. The second-order valence-electron chi connectivity index (χ2n) is 12.9. The predicted molar refractivity (Wildman–Crippen MR) is 186 cm³/mol. The zero-order chi connectivity index (χ0) is 29.2. The van der Waals surface area contributed by atoms with Crippen LogP contribution < -0.4 is 0 Å². The molecule has 44 heavy (non-hydrogen) atoms. The van der Waals surface area contributed by atoms with Gasteiger partial charge in [0.2, 0.25) is 0 Å². The fourth-order valence-corrected chi connectivity index (χ4v) is 8.33. The summed E-state index contributed by atoms with van der Waals surface area (Å²) in [5, 5.41) is 5.34. The highest BCUT2D eigenvalue weighted by Crippen LogP contribution is 2.53. The van der Waals surface area contributed by atoms with Gasteiger partial charge in [-0.15, -0.1) is 0 Å². The maximum atomic E-state index is 2.46. The van der Waals surface area contributed by atoms with Crippen molar-refractivity contribution in [3.8, 4) is 50.2 Å². The van der Waals surface area contributed by atoms with Crippen LogP contribution in [0.2, 0.25) is 0 Å². The molecule has 0 atom stereocenters. The van der Waals surface area contributed by atoms with E-state index in [0.717, 1.165) is 0 Å². The van der Waals surface area contributed by atoms with E-state index >= 15 is 0 Å². The van der Waals surface area contributed by atoms with Gasteiger partial charge in [-0.1, -0.05) is 123 Å². The van der Waals surface area contributed by atoms with Gasteiger partial charge in [-0.25, -0.2) is 0 Å². The molecule has 0 unspecified atom stereocenters. The van der Waals surface area contributed by atoms with Gasteiger partial charge in [0.05, 0.1) is 11.0 Å². The molecule has 1 aromatic heterocycles. The quantitative estimate of drug-likeness (QED) is 0.198. The maximum Gasteiger partial charge on any atom is 0.0547 e. The van der Waals surface area contributed by atoms with Crippen molar-refractivity contribution >= 4 is 32.6 Å². The predicted octanol–water partition coefficient (Wildman–Crippen LogP) is 11.6. The molecule has 1 heterocycles. The minimum Gasteiger partial charge on any atom is -0.309 e. The second-order valence-corrected chi connectivity index (χ2v) is 12.9. The molecule has 0 radical (unpaired) electrons. The largest absolute Gasteiger partial charge is 0.309 e. The summed E-state index contributed by atoms with van der Waals surface area (Å²) in [6.07, 6.45) is 0. The van der Waals surface area contributed by atoms with Crippen LogP contribution in [0.1, 0.15) is 25.0 Å². The first-order valence-corrected chi connectivity index (χ1v) is 15.5. The van der Waals surface area contributed by atoms with Crippen LogP contribution in [-0.4, -0.2) is 4.57 Å². The fraction of sp³-hybridized carbons (Fsp3) is 0.0698. The highest BCUT2D eigenvalue weighted by atomic mass is 15.0. The Morgan fingerprint density at radius 3 is 2.07 bits per heavy atom. The smallest absolute Gasteiger partial charge is 0.0547 e. The van der Waals surface area contributed by atoms with E-state index in [4.69, 9.17) is 0 Å². The first-order chi connectivity index (χ1) is 21.6. The molecule has 1 nitrogen and oxygen atoms in total. The van der Waals surface area contributed by atoms with Crippen LogP contribution in [0.4, 0.5) is 0 Å². The second kappa shape index (κ2) is 8.36. The molecule has 0 saturated heterocycles. The Morgan fingerprint density at radius 2 is 1.18 bits per heavy atom. The van der Waals surface area contributed by atoms with Crippen molar-refractivity contribution in [2.45, 2.75) is 19.3 Å². The molecule has 0 fully saturated rings. The third-order valence-electron chi connectivity index (χ3n) is 10.3. The lowest BCUT2D eigenvalue weighted by Gasteiger charge is -2.21. The Labute approximate surface area is 256 Å². The van der Waals surface area contributed by atoms with E-state index in [1.54, 1.807) is 0 Å². The zero-order valence-corrected chi connectivity index (χ0v) is 24.7. The van der Waals surface area contributed by atoms with E-state index in [9.17, 15) is 0 Å². The Kier molecular flexibility index (Phi) is 4.58. The Balaban J connectivity index is 1.19. The molecule has 206 valence electrons. The summed E-state index contributed by atoms with van der Waals surface area (Å²) in [6.45, 7) is 4.73. The Bertz CT molecular complexity index is 2520. The molecule has 0 spiro atoms. The number of benzene rings is 7. The first-order valence-electron chi connectivity index (χ1n) is 15.5. The van der Waals surface area contributed by atoms with Crippen LogP contribution in [0.25, 0.3) is 82.8 Å². The van der Waals surface area contributed by atoms with Crippen LogP contribution in [0, 0.1) is 0 Å². The normalized spacial score (nSPS) is 13.9. The number of aromatic nitrogens is 1. The molecule has 2 aliphatic rings. The minimum atomic E-state index is -0.0270. The average Bonchev–Trinajstić information content (AvgIpc) is 3.66. The van der Waals surface area contributed by atoms with Gasteiger partial charge in [0.25, 0.3) is 0 Å². The maximum absolute atomic E-state index is 2.46. The van der Waals surface area contributed by atoms with Crippen molar-refractivity contribution in [3.63, 3.8) is 0 Å². The van der Waals surface area contributed by atoms with Crippen molar-refractivity contribution in [2.75, 3.05) is 0 Å². The first kappa shape index (κ1) is 24.1. The van der Waals surface area contributed by atoms with Crippen LogP contribution >= 0.6 is 0 Å². The highest BCUT2D eigenvalue weighted by Gasteiger charge is 2.37. The van der Waals surface area contributed by atoms with Crippen LogP contribution in [0.15, 0.2) is 140 Å². The topological polar surface area (TPSA) is 4.93 Å². The number of hydrogen-bond donors (Lipinski definition) is 0. The summed E-state index contributed by atoms with van der Waals surface area (Å²) in [4.78, 5) is 0. The molecule has 2 aliphatic carbocycles. The molecule has 1 heteroatoms. The van der Waals surface area contributed by atoms with Gasteiger partial charge >= 0.3 is 0 Å². The van der Waals surface area contributed by atoms with Gasteiger partial charge < -0.3 is 4.57 Å². The molecule has 0 amide bonds. The van der Waals surface area contributed by atoms with Gasteiger partial charge in [0.1, 0.15) is 0 Å². The SMILES string of the molecule is CC1(C)c2ccccc2-c2c1ccc1c2c2ccccc2n1-c1cccc(-c2ccc3c(c2)-c2cccc4cccc-3c24)c1. The van der Waals surface area contributed by atoms with Crippen molar-refractivity contribution in [1.82, 2.24) is 4.57 Å². The van der Waals surface area contributed by atoms with E-state index in [0.29, 0.717) is 0 Å². The van der Waals surface area contributed by atoms with Crippen LogP contribution in [-0.2, 0) is 5.41 Å². The van der Waals surface area contributed by atoms with Gasteiger partial charge in [-0.3, -0.25) is 0 Å². The number of para-hydroxylation sites is 1. The molecule has 0 bridgehead atoms. The van der Waals surface area contributed by atoms with Gasteiger partial charge in [0, 0.05) is 21.9 Å². The van der Waals surface area contributed by atoms with Crippen LogP contribution in [0.3, 0.4) is 0 Å². The Hall–Kier alpha value is -5.40. The van der Waals surface area contributed by atoms with E-state index in [1.165, 1.54) is 93.9 Å². The van der Waals surface area contributed by atoms with Gasteiger partial charge in [0.15, 0.2) is 0 Å². The lowest BCUT2D eigenvalue weighted by atomic mass is 9.82. The molecule has 0 saturated carbocycles. The Morgan fingerprint density at radius 1 is 0.455 bits per heavy atom. The minimum absolute atomic E-state index is 0.0270. The van der Waals surface area contributed by atoms with E-state index < -0.39 is 0 Å². The summed E-state index contributed by atoms with van der Waals surface area (Å²) in [6, 6.07) is 52.0. The molecule has 8 aromatic rings. The molecule has 0 aliphatic heterocycles. The van der Waals surface area contributed by atoms with Crippen molar-refractivity contribution in [2.24, 2.45) is 0 Å². The number of fused-ring (bicyclic) bond motifs is 10. The summed E-state index contributed by atoms with van der Waals surface area (Å²) in [5.74, 6) is 0. The third kappa shape index (κ3) is 2.99. The molecular weight excluding hydrogens is 530 g/mol. The van der Waals surface area contributed by atoms with Crippen LogP contribution in [0.5, 0.6) is 0 Å². The van der Waals surface area contributed by atoms with Crippen molar-refractivity contribution < 1.29 is 0 Å². The monoisotopic (exact) mass is 559 g/mol. The van der Waals surface area contributed by atoms with E-state index in [2.05, 4.69) is 158 Å². The van der Waals surface area contributed by atoms with E-state index in [1.807, 2.05) is 0 Å². The van der Waals surface area contributed by atoms with Crippen molar-refractivity contribution in [3.05, 3.63) is 151 Å². The lowest BCUT2D eigenvalue weighted by molar-refractivity contribution is 0.661. The highest BCUT2D eigenvalue weighted by molar-refractivity contribution is 6.18. The third-order valence-corrected chi connectivity index (χ3v) is 10.3. The molecular formula is C43H29N. The number of rotatable bonds is 2. The van der Waals surface area contributed by atoms with Crippen molar-refractivity contribution in [1.29, 1.82) is 0 Å². The fourth-order valence-electron chi connectivity index (χ4n) is 8.33. The summed E-state index contributed by atoms with van der Waals surface area (Å²) < 4.78 is 2.46. The standard InChI is InChI=1S/C43H29N/c1-43(2)36-18-5-3-14-33(36)41-37(43)22-23-39-42(41)34-15-4-6-19-38(34)44(39)29-13-7-12-27(24-29)28-20-21-30-31-16-8-10-26-11-9-17-32(40(26)31)35(30)25-28/h3-25H,1-2H3. The summed E-state index contributed by atoms with van der Waals surface area (Å²) in [7, 11) is 0. The molecule has 10 rings (SSSR count). The summed E-state index contributed by atoms with van der Waals surface area (Å²) in [5.41, 5.74) is 17.0. The number of hydrogen-bond acceptors (Lipinski definition) is 0. The van der Waals surface area contributed by atoms with Gasteiger partial charge in [-0.2, -0.15) is 0 Å². The zero-order valence-electron chi connectivity index (χ0n) is 24.7. The van der Waals surface area contributed by atoms with Gasteiger partial charge in [-0.05, 0) is 96.7 Å². The van der Waals surface area contributed by atoms with E-state index in [-0.39, 0.29) is 5.41 Å².